The molecule has 18 heavy (non-hydrogen) atoms. The van der Waals surface area contributed by atoms with Crippen molar-refractivity contribution in [3.8, 4) is 22.1 Å². The number of rotatable bonds is 4. The Kier molecular flexibility index (Phi) is 3.84. The van der Waals surface area contributed by atoms with Crippen molar-refractivity contribution in [1.82, 2.24) is 4.98 Å². The lowest BCUT2D eigenvalue weighted by Gasteiger charge is -2.11. The zero-order valence-corrected chi connectivity index (χ0v) is 11.4. The van der Waals surface area contributed by atoms with Crippen LogP contribution in [0.4, 0.5) is 0 Å². The van der Waals surface area contributed by atoms with Gasteiger partial charge in [0.25, 0.3) is 0 Å². The second-order valence-electron chi connectivity index (χ2n) is 3.82. The summed E-state index contributed by atoms with van der Waals surface area (Å²) >= 11 is 1.51. The second kappa shape index (κ2) is 5.37. The molecule has 0 spiro atoms. The van der Waals surface area contributed by atoms with Gasteiger partial charge in [-0.25, -0.2) is 4.98 Å². The maximum absolute atomic E-state index is 9.05. The summed E-state index contributed by atoms with van der Waals surface area (Å²) in [4.78, 5) is 4.36. The SMILES string of the molecule is COc1cc(C)c(-c2nc(CO)cs2)cc1OC. The molecular weight excluding hydrogens is 250 g/mol. The van der Waals surface area contributed by atoms with Crippen LogP contribution in [0, 0.1) is 6.92 Å². The Balaban J connectivity index is 2.50. The van der Waals surface area contributed by atoms with E-state index in [1.807, 2.05) is 24.4 Å². The van der Waals surface area contributed by atoms with E-state index in [4.69, 9.17) is 14.6 Å². The molecule has 0 aliphatic heterocycles. The van der Waals surface area contributed by atoms with Gasteiger partial charge in [-0.05, 0) is 24.6 Å². The normalized spacial score (nSPS) is 10.4. The van der Waals surface area contributed by atoms with Gasteiger partial charge >= 0.3 is 0 Å². The van der Waals surface area contributed by atoms with Gasteiger partial charge in [-0.3, -0.25) is 0 Å². The average Bonchev–Trinajstić information content (AvgIpc) is 2.86. The third kappa shape index (κ3) is 2.32. The van der Waals surface area contributed by atoms with Gasteiger partial charge in [-0.1, -0.05) is 0 Å². The number of aromatic nitrogens is 1. The molecule has 1 aromatic heterocycles. The number of methoxy groups -OCH3 is 2. The quantitative estimate of drug-likeness (QED) is 0.923. The van der Waals surface area contributed by atoms with Crippen molar-refractivity contribution in [2.75, 3.05) is 14.2 Å². The van der Waals surface area contributed by atoms with Crippen LogP contribution in [-0.2, 0) is 6.61 Å². The number of hydrogen-bond acceptors (Lipinski definition) is 5. The summed E-state index contributed by atoms with van der Waals surface area (Å²) in [5.41, 5.74) is 2.74. The zero-order chi connectivity index (χ0) is 13.1. The van der Waals surface area contributed by atoms with Gasteiger partial charge in [-0.15, -0.1) is 11.3 Å². The molecule has 1 N–H and O–H groups in total. The van der Waals surface area contributed by atoms with Crippen LogP contribution in [0.25, 0.3) is 10.6 Å². The number of hydrogen-bond donors (Lipinski definition) is 1. The molecule has 1 heterocycles. The van der Waals surface area contributed by atoms with E-state index in [2.05, 4.69) is 4.98 Å². The maximum atomic E-state index is 9.05. The van der Waals surface area contributed by atoms with E-state index in [0.29, 0.717) is 17.2 Å². The topological polar surface area (TPSA) is 51.6 Å². The molecule has 4 nitrogen and oxygen atoms in total. The Hall–Kier alpha value is -1.59. The monoisotopic (exact) mass is 265 g/mol. The standard InChI is InChI=1S/C13H15NO3S/c1-8-4-11(16-2)12(17-3)5-10(8)13-14-9(6-15)7-18-13/h4-5,7,15H,6H2,1-3H3. The van der Waals surface area contributed by atoms with Crippen molar-refractivity contribution >= 4 is 11.3 Å². The Morgan fingerprint density at radius 2 is 1.89 bits per heavy atom. The molecule has 1 aromatic carbocycles. The molecule has 0 bridgehead atoms. The van der Waals surface area contributed by atoms with Crippen LogP contribution < -0.4 is 9.47 Å². The summed E-state index contributed by atoms with van der Waals surface area (Å²) in [6, 6.07) is 3.84. The number of thiazole rings is 1. The lowest BCUT2D eigenvalue weighted by molar-refractivity contribution is 0.278. The van der Waals surface area contributed by atoms with Crippen LogP contribution >= 0.6 is 11.3 Å². The number of nitrogens with zero attached hydrogens (tertiary/aromatic N) is 1. The van der Waals surface area contributed by atoms with E-state index < -0.39 is 0 Å². The van der Waals surface area contributed by atoms with Gasteiger partial charge < -0.3 is 14.6 Å². The first-order chi connectivity index (χ1) is 8.69. The molecule has 0 amide bonds. The maximum Gasteiger partial charge on any atom is 0.161 e. The third-order valence-electron chi connectivity index (χ3n) is 2.67. The van der Waals surface area contributed by atoms with Gasteiger partial charge in [-0.2, -0.15) is 0 Å². The summed E-state index contributed by atoms with van der Waals surface area (Å²) in [6.07, 6.45) is 0. The molecule has 0 aliphatic rings. The van der Waals surface area contributed by atoms with Crippen molar-refractivity contribution in [3.05, 3.63) is 28.8 Å². The highest BCUT2D eigenvalue weighted by Crippen LogP contribution is 2.36. The molecule has 0 fully saturated rings. The minimum absolute atomic E-state index is 0.0389. The van der Waals surface area contributed by atoms with Gasteiger partial charge in [0.15, 0.2) is 11.5 Å². The van der Waals surface area contributed by atoms with Crippen molar-refractivity contribution in [3.63, 3.8) is 0 Å². The van der Waals surface area contributed by atoms with E-state index in [-0.39, 0.29) is 6.61 Å². The molecule has 0 unspecified atom stereocenters. The highest BCUT2D eigenvalue weighted by molar-refractivity contribution is 7.13. The van der Waals surface area contributed by atoms with Crippen molar-refractivity contribution in [2.45, 2.75) is 13.5 Å². The molecular formula is C13H15NO3S. The van der Waals surface area contributed by atoms with Crippen molar-refractivity contribution in [2.24, 2.45) is 0 Å². The molecule has 0 saturated heterocycles. The van der Waals surface area contributed by atoms with E-state index >= 15 is 0 Å². The molecule has 2 rings (SSSR count). The number of ether oxygens (including phenoxy) is 2. The smallest absolute Gasteiger partial charge is 0.161 e. The van der Waals surface area contributed by atoms with Gasteiger partial charge in [0, 0.05) is 10.9 Å². The fourth-order valence-electron chi connectivity index (χ4n) is 1.71. The first-order valence-electron chi connectivity index (χ1n) is 5.47. The third-order valence-corrected chi connectivity index (χ3v) is 3.60. The van der Waals surface area contributed by atoms with Crippen LogP contribution in [-0.4, -0.2) is 24.3 Å². The highest BCUT2D eigenvalue weighted by atomic mass is 32.1. The first-order valence-corrected chi connectivity index (χ1v) is 6.35. The number of aryl methyl sites for hydroxylation is 1. The Morgan fingerprint density at radius 3 is 2.44 bits per heavy atom. The van der Waals surface area contributed by atoms with Crippen molar-refractivity contribution in [1.29, 1.82) is 0 Å². The molecule has 2 aromatic rings. The van der Waals surface area contributed by atoms with Crippen LogP contribution in [0.1, 0.15) is 11.3 Å². The Morgan fingerprint density at radius 1 is 1.22 bits per heavy atom. The number of benzene rings is 1. The Labute approximate surface area is 110 Å². The summed E-state index contributed by atoms with van der Waals surface area (Å²) in [6.45, 7) is 1.96. The number of aliphatic hydroxyl groups is 1. The predicted octanol–water partition coefficient (Wildman–Crippen LogP) is 2.63. The molecule has 0 atom stereocenters. The summed E-state index contributed by atoms with van der Waals surface area (Å²) in [7, 11) is 3.22. The minimum atomic E-state index is -0.0389. The van der Waals surface area contributed by atoms with Gasteiger partial charge in [0.1, 0.15) is 5.01 Å². The van der Waals surface area contributed by atoms with E-state index in [0.717, 1.165) is 16.1 Å². The summed E-state index contributed by atoms with van der Waals surface area (Å²) < 4.78 is 10.5. The van der Waals surface area contributed by atoms with Gasteiger partial charge in [0.2, 0.25) is 0 Å². The molecule has 5 heteroatoms. The molecule has 0 aliphatic carbocycles. The average molecular weight is 265 g/mol. The lowest BCUT2D eigenvalue weighted by atomic mass is 10.1. The number of aliphatic hydroxyl groups excluding tert-OH is 1. The predicted molar refractivity (Wildman–Crippen MR) is 71.3 cm³/mol. The summed E-state index contributed by atoms with van der Waals surface area (Å²) in [5, 5.41) is 11.8. The van der Waals surface area contributed by atoms with Crippen molar-refractivity contribution < 1.29 is 14.6 Å². The van der Waals surface area contributed by atoms with Crippen LogP contribution in [0.3, 0.4) is 0 Å². The fraction of sp³-hybridized carbons (Fsp3) is 0.308. The highest BCUT2D eigenvalue weighted by Gasteiger charge is 2.12. The summed E-state index contributed by atoms with van der Waals surface area (Å²) in [5.74, 6) is 1.39. The van der Waals surface area contributed by atoms with E-state index in [1.165, 1.54) is 11.3 Å². The molecule has 96 valence electrons. The first kappa shape index (κ1) is 12.9. The fourth-order valence-corrected chi connectivity index (χ4v) is 2.61. The lowest BCUT2D eigenvalue weighted by Crippen LogP contribution is -1.93. The Bertz CT molecular complexity index is 551. The van der Waals surface area contributed by atoms with Gasteiger partial charge in [0.05, 0.1) is 26.5 Å². The zero-order valence-electron chi connectivity index (χ0n) is 10.6. The van der Waals surface area contributed by atoms with E-state index in [1.54, 1.807) is 14.2 Å². The largest absolute Gasteiger partial charge is 0.493 e. The van der Waals surface area contributed by atoms with E-state index in [9.17, 15) is 0 Å². The molecule has 0 saturated carbocycles. The van der Waals surface area contributed by atoms with Crippen LogP contribution in [0.2, 0.25) is 0 Å². The minimum Gasteiger partial charge on any atom is -0.493 e. The molecule has 0 radical (unpaired) electrons. The van der Waals surface area contributed by atoms with Crippen LogP contribution in [0.15, 0.2) is 17.5 Å². The second-order valence-corrected chi connectivity index (χ2v) is 4.68. The van der Waals surface area contributed by atoms with Crippen LogP contribution in [0.5, 0.6) is 11.5 Å².